The molecule has 0 amide bonds. The van der Waals surface area contributed by atoms with Gasteiger partial charge in [-0.1, -0.05) is 67.9 Å². The zero-order chi connectivity index (χ0) is 33.0. The lowest BCUT2D eigenvalue weighted by molar-refractivity contribution is -0.0498. The van der Waals surface area contributed by atoms with Gasteiger partial charge in [0.2, 0.25) is 0 Å². The summed E-state index contributed by atoms with van der Waals surface area (Å²) in [6.45, 7) is 7.12. The summed E-state index contributed by atoms with van der Waals surface area (Å²) in [5, 5.41) is 0. The van der Waals surface area contributed by atoms with E-state index in [2.05, 4.69) is 57.5 Å². The Morgan fingerprint density at radius 1 is 0.681 bits per heavy atom. The SMILES string of the molecule is CCCCn1c(-c2ccccc2)nc(-c2ccc(OCC)cc2)c1CN(Cc1ccc(OC(F)F)cc1)Cc1cccc(OCC)c1. The maximum atomic E-state index is 12.8. The Bertz CT molecular complexity index is 1670. The number of benzene rings is 4. The van der Waals surface area contributed by atoms with Crippen molar-refractivity contribution in [2.45, 2.75) is 66.4 Å². The molecule has 0 N–H and O–H groups in total. The normalized spacial score (nSPS) is 11.3. The van der Waals surface area contributed by atoms with Gasteiger partial charge >= 0.3 is 6.61 Å². The topological polar surface area (TPSA) is 48.8 Å². The van der Waals surface area contributed by atoms with Gasteiger partial charge in [0.05, 0.1) is 24.6 Å². The molecule has 8 heteroatoms. The monoisotopic (exact) mass is 639 g/mol. The molecule has 5 aromatic rings. The molecule has 0 spiro atoms. The molecule has 0 aliphatic carbocycles. The van der Waals surface area contributed by atoms with Crippen molar-refractivity contribution in [3.8, 4) is 39.9 Å². The van der Waals surface area contributed by atoms with Crippen molar-refractivity contribution in [2.24, 2.45) is 0 Å². The number of imidazole rings is 1. The lowest BCUT2D eigenvalue weighted by atomic mass is 10.1. The van der Waals surface area contributed by atoms with Crippen molar-refractivity contribution in [3.05, 3.63) is 120 Å². The van der Waals surface area contributed by atoms with E-state index in [0.29, 0.717) is 32.8 Å². The molecule has 0 aliphatic rings. The second-order valence-electron chi connectivity index (χ2n) is 11.3. The van der Waals surface area contributed by atoms with Crippen molar-refractivity contribution in [3.63, 3.8) is 0 Å². The van der Waals surface area contributed by atoms with Crippen molar-refractivity contribution in [1.29, 1.82) is 0 Å². The highest BCUT2D eigenvalue weighted by molar-refractivity contribution is 5.69. The Hall–Kier alpha value is -4.69. The van der Waals surface area contributed by atoms with Crippen LogP contribution in [0.1, 0.15) is 50.4 Å². The number of nitrogens with zero attached hydrogens (tertiary/aromatic N) is 3. The summed E-state index contributed by atoms with van der Waals surface area (Å²) in [4.78, 5) is 7.67. The number of hydrogen-bond donors (Lipinski definition) is 0. The third-order valence-corrected chi connectivity index (χ3v) is 7.82. The van der Waals surface area contributed by atoms with Gasteiger partial charge in [0.1, 0.15) is 23.1 Å². The van der Waals surface area contributed by atoms with Crippen LogP contribution >= 0.6 is 0 Å². The van der Waals surface area contributed by atoms with E-state index in [-0.39, 0.29) is 5.75 Å². The summed E-state index contributed by atoms with van der Waals surface area (Å²) in [6.07, 6.45) is 2.05. The Labute approximate surface area is 276 Å². The molecule has 0 saturated heterocycles. The Morgan fingerprint density at radius 3 is 2.04 bits per heavy atom. The molecule has 1 aromatic heterocycles. The molecule has 246 valence electrons. The van der Waals surface area contributed by atoms with Gasteiger partial charge in [0.15, 0.2) is 0 Å². The smallest absolute Gasteiger partial charge is 0.387 e. The van der Waals surface area contributed by atoms with Crippen molar-refractivity contribution in [2.75, 3.05) is 13.2 Å². The van der Waals surface area contributed by atoms with Crippen molar-refractivity contribution >= 4 is 0 Å². The van der Waals surface area contributed by atoms with Gasteiger partial charge in [0.25, 0.3) is 0 Å². The number of alkyl halides is 2. The first-order valence-corrected chi connectivity index (χ1v) is 16.3. The molecular weight excluding hydrogens is 596 g/mol. The lowest BCUT2D eigenvalue weighted by Crippen LogP contribution is -2.24. The van der Waals surface area contributed by atoms with E-state index in [1.54, 1.807) is 12.1 Å². The van der Waals surface area contributed by atoms with E-state index in [1.165, 1.54) is 0 Å². The zero-order valence-corrected chi connectivity index (χ0v) is 27.4. The van der Waals surface area contributed by atoms with E-state index < -0.39 is 6.61 Å². The van der Waals surface area contributed by atoms with Gasteiger partial charge in [-0.25, -0.2) is 4.98 Å². The Balaban J connectivity index is 1.59. The number of rotatable bonds is 17. The van der Waals surface area contributed by atoms with Crippen LogP contribution in [-0.4, -0.2) is 34.3 Å². The minimum atomic E-state index is -2.86. The quantitative estimate of drug-likeness (QED) is 0.101. The van der Waals surface area contributed by atoms with Crippen LogP contribution in [0.2, 0.25) is 0 Å². The van der Waals surface area contributed by atoms with Crippen LogP contribution in [0.4, 0.5) is 8.78 Å². The standard InChI is InChI=1S/C39H43F2N3O3/c1-4-7-24-44-36(37(31-18-22-33(23-19-31)45-5-2)42-38(44)32-13-9-8-10-14-32)28-43(27-30-12-11-15-35(25-30)46-6-3)26-29-16-20-34(21-17-29)47-39(40)41/h8-23,25,39H,4-7,24,26-28H2,1-3H3. The summed E-state index contributed by atoms with van der Waals surface area (Å²) in [7, 11) is 0. The number of hydrogen-bond acceptors (Lipinski definition) is 5. The molecule has 47 heavy (non-hydrogen) atoms. The molecular formula is C39H43F2N3O3. The predicted molar refractivity (Wildman–Crippen MR) is 183 cm³/mol. The average Bonchev–Trinajstić information content (AvgIpc) is 3.43. The van der Waals surface area contributed by atoms with Gasteiger partial charge in [-0.3, -0.25) is 4.90 Å². The predicted octanol–water partition coefficient (Wildman–Crippen LogP) is 9.62. The number of halogens is 2. The van der Waals surface area contributed by atoms with Gasteiger partial charge in [-0.15, -0.1) is 0 Å². The van der Waals surface area contributed by atoms with Crippen LogP contribution in [0.25, 0.3) is 22.6 Å². The molecule has 0 aliphatic heterocycles. The molecule has 0 saturated carbocycles. The maximum Gasteiger partial charge on any atom is 0.387 e. The Morgan fingerprint density at radius 2 is 1.36 bits per heavy atom. The van der Waals surface area contributed by atoms with Crippen LogP contribution in [0, 0.1) is 0 Å². The summed E-state index contributed by atoms with van der Waals surface area (Å²) in [5.41, 5.74) is 6.21. The van der Waals surface area contributed by atoms with Crippen molar-refractivity contribution < 1.29 is 23.0 Å². The van der Waals surface area contributed by atoms with Gasteiger partial charge in [-0.05, 0) is 79.9 Å². The van der Waals surface area contributed by atoms with Crippen molar-refractivity contribution in [1.82, 2.24) is 14.5 Å². The molecule has 0 fully saturated rings. The summed E-state index contributed by atoms with van der Waals surface area (Å²) in [5.74, 6) is 2.72. The van der Waals surface area contributed by atoms with Gasteiger partial charge < -0.3 is 18.8 Å². The highest BCUT2D eigenvalue weighted by Gasteiger charge is 2.22. The van der Waals surface area contributed by atoms with E-state index in [9.17, 15) is 8.78 Å². The molecule has 0 unspecified atom stereocenters. The first-order chi connectivity index (χ1) is 23.0. The molecule has 0 radical (unpaired) electrons. The highest BCUT2D eigenvalue weighted by atomic mass is 19.3. The minimum absolute atomic E-state index is 0.141. The fraction of sp³-hybridized carbons (Fsp3) is 0.308. The fourth-order valence-electron chi connectivity index (χ4n) is 5.69. The largest absolute Gasteiger partial charge is 0.494 e. The van der Waals surface area contributed by atoms with Crippen LogP contribution < -0.4 is 14.2 Å². The molecule has 1 heterocycles. The third kappa shape index (κ3) is 9.20. The second-order valence-corrected chi connectivity index (χ2v) is 11.3. The lowest BCUT2D eigenvalue weighted by Gasteiger charge is -2.25. The van der Waals surface area contributed by atoms with Crippen LogP contribution in [-0.2, 0) is 26.2 Å². The van der Waals surface area contributed by atoms with Crippen LogP contribution in [0.5, 0.6) is 17.2 Å². The zero-order valence-electron chi connectivity index (χ0n) is 27.4. The van der Waals surface area contributed by atoms with E-state index in [1.807, 2.05) is 68.4 Å². The van der Waals surface area contributed by atoms with Crippen LogP contribution in [0.3, 0.4) is 0 Å². The third-order valence-electron chi connectivity index (χ3n) is 7.82. The minimum Gasteiger partial charge on any atom is -0.494 e. The van der Waals surface area contributed by atoms with Gasteiger partial charge in [-0.2, -0.15) is 8.78 Å². The molecule has 4 aromatic carbocycles. The first kappa shape index (κ1) is 33.7. The molecule has 5 rings (SSSR count). The second kappa shape index (κ2) is 16.7. The average molecular weight is 640 g/mol. The van der Waals surface area contributed by atoms with E-state index >= 15 is 0 Å². The highest BCUT2D eigenvalue weighted by Crippen LogP contribution is 2.33. The number of ether oxygens (including phenoxy) is 3. The molecule has 6 nitrogen and oxygen atoms in total. The van der Waals surface area contributed by atoms with E-state index in [0.717, 1.165) is 70.4 Å². The molecule has 0 atom stereocenters. The summed E-state index contributed by atoms with van der Waals surface area (Å²) >= 11 is 0. The van der Waals surface area contributed by atoms with Gasteiger partial charge in [0, 0.05) is 37.3 Å². The molecule has 0 bridgehead atoms. The number of aromatic nitrogens is 2. The summed E-state index contributed by atoms with van der Waals surface area (Å²) in [6, 6.07) is 33.5. The first-order valence-electron chi connectivity index (χ1n) is 16.3. The fourth-order valence-corrected chi connectivity index (χ4v) is 5.69. The maximum absolute atomic E-state index is 12.8. The van der Waals surface area contributed by atoms with E-state index in [4.69, 9.17) is 14.5 Å². The summed E-state index contributed by atoms with van der Waals surface area (Å²) < 4.78 is 44.2. The Kier molecular flexibility index (Phi) is 12.0. The number of unbranched alkanes of at least 4 members (excludes halogenated alkanes) is 1. The van der Waals surface area contributed by atoms with Crippen LogP contribution in [0.15, 0.2) is 103 Å².